The lowest BCUT2D eigenvalue weighted by molar-refractivity contribution is 0.0957. The molecule has 0 aromatic carbocycles. The van der Waals surface area contributed by atoms with Gasteiger partial charge in [0.2, 0.25) is 0 Å². The number of thiazole rings is 1. The van der Waals surface area contributed by atoms with E-state index in [4.69, 9.17) is 11.6 Å². The van der Waals surface area contributed by atoms with E-state index in [1.54, 1.807) is 11.8 Å². The molecule has 0 aliphatic rings. The number of carbonyl (C=O) groups is 1. The molecule has 0 fully saturated rings. The number of hydrazine groups is 1. The second kappa shape index (κ2) is 5.70. The summed E-state index contributed by atoms with van der Waals surface area (Å²) in [5.74, 6) is 5.60. The standard InChI is InChI=1S/C10H12N4OS3/c1-5-9(18-10(11)13-5)17-4-6-2-3-16-7(6)8(15)14-12/h2-3H,4,12H2,1H3,(H2,11,13)(H,14,15). The van der Waals surface area contributed by atoms with E-state index in [0.717, 1.165) is 15.5 Å². The van der Waals surface area contributed by atoms with Crippen molar-refractivity contribution in [3.63, 3.8) is 0 Å². The summed E-state index contributed by atoms with van der Waals surface area (Å²) in [5, 5.41) is 2.45. The summed E-state index contributed by atoms with van der Waals surface area (Å²) in [6, 6.07) is 1.93. The maximum Gasteiger partial charge on any atom is 0.275 e. The van der Waals surface area contributed by atoms with Crippen molar-refractivity contribution in [1.82, 2.24) is 10.4 Å². The molecule has 1 amide bonds. The fourth-order valence-electron chi connectivity index (χ4n) is 1.39. The fraction of sp³-hybridized carbons (Fsp3) is 0.200. The van der Waals surface area contributed by atoms with E-state index in [9.17, 15) is 4.79 Å². The maximum absolute atomic E-state index is 11.5. The van der Waals surface area contributed by atoms with Crippen LogP contribution in [0.5, 0.6) is 0 Å². The van der Waals surface area contributed by atoms with Gasteiger partial charge in [0.15, 0.2) is 5.13 Å². The lowest BCUT2D eigenvalue weighted by atomic mass is 10.3. The first-order chi connectivity index (χ1) is 8.61. The van der Waals surface area contributed by atoms with Crippen LogP contribution in [0.3, 0.4) is 0 Å². The number of thioether (sulfide) groups is 1. The number of nitrogens with one attached hydrogen (secondary N) is 1. The zero-order chi connectivity index (χ0) is 13.1. The first-order valence-electron chi connectivity index (χ1n) is 5.05. The van der Waals surface area contributed by atoms with Crippen LogP contribution in [-0.2, 0) is 5.75 Å². The summed E-state index contributed by atoms with van der Waals surface area (Å²) in [6.07, 6.45) is 0. The number of nitrogens with zero attached hydrogens (tertiary/aromatic N) is 1. The number of hydrogen-bond acceptors (Lipinski definition) is 7. The minimum atomic E-state index is -0.249. The molecule has 0 aliphatic carbocycles. The Balaban J connectivity index is 2.09. The number of amides is 1. The van der Waals surface area contributed by atoms with Gasteiger partial charge < -0.3 is 5.73 Å². The molecule has 0 aliphatic heterocycles. The molecule has 0 radical (unpaired) electrons. The van der Waals surface area contributed by atoms with Gasteiger partial charge in [0, 0.05) is 5.75 Å². The van der Waals surface area contributed by atoms with E-state index >= 15 is 0 Å². The van der Waals surface area contributed by atoms with Gasteiger partial charge >= 0.3 is 0 Å². The number of aryl methyl sites for hydroxylation is 1. The van der Waals surface area contributed by atoms with Gasteiger partial charge in [0.1, 0.15) is 0 Å². The van der Waals surface area contributed by atoms with Gasteiger partial charge in [-0.3, -0.25) is 10.2 Å². The number of hydrogen-bond donors (Lipinski definition) is 3. The number of anilines is 1. The molecule has 0 spiro atoms. The highest BCUT2D eigenvalue weighted by atomic mass is 32.2. The number of thiophene rings is 1. The van der Waals surface area contributed by atoms with Crippen LogP contribution in [0.4, 0.5) is 5.13 Å². The van der Waals surface area contributed by atoms with Crippen molar-refractivity contribution >= 4 is 45.5 Å². The third kappa shape index (κ3) is 2.83. The third-order valence-electron chi connectivity index (χ3n) is 2.21. The minimum absolute atomic E-state index is 0.249. The van der Waals surface area contributed by atoms with E-state index in [0.29, 0.717) is 15.8 Å². The highest BCUT2D eigenvalue weighted by Crippen LogP contribution is 2.34. The summed E-state index contributed by atoms with van der Waals surface area (Å²) in [4.78, 5) is 16.3. The number of nitrogens with two attached hydrogens (primary N) is 2. The average Bonchev–Trinajstić information content (AvgIpc) is 2.92. The molecule has 0 saturated heterocycles. The predicted molar refractivity (Wildman–Crippen MR) is 76.8 cm³/mol. The molecule has 5 nitrogen and oxygen atoms in total. The van der Waals surface area contributed by atoms with E-state index in [-0.39, 0.29) is 5.91 Å². The van der Waals surface area contributed by atoms with Crippen molar-refractivity contribution in [2.24, 2.45) is 5.84 Å². The van der Waals surface area contributed by atoms with Crippen LogP contribution < -0.4 is 17.0 Å². The van der Waals surface area contributed by atoms with Crippen molar-refractivity contribution in [3.8, 4) is 0 Å². The van der Waals surface area contributed by atoms with Gasteiger partial charge in [-0.05, 0) is 23.9 Å². The largest absolute Gasteiger partial charge is 0.375 e. The van der Waals surface area contributed by atoms with Gasteiger partial charge in [-0.25, -0.2) is 10.8 Å². The van der Waals surface area contributed by atoms with Crippen LogP contribution in [0.2, 0.25) is 0 Å². The lowest BCUT2D eigenvalue weighted by Crippen LogP contribution is -2.29. The second-order valence-corrected chi connectivity index (χ2v) is 6.65. The number of nitrogen functional groups attached to an aromatic ring is 2. The summed E-state index contributed by atoms with van der Waals surface area (Å²) < 4.78 is 1.08. The Labute approximate surface area is 117 Å². The summed E-state index contributed by atoms with van der Waals surface area (Å²) in [7, 11) is 0. The molecule has 0 atom stereocenters. The SMILES string of the molecule is Cc1nc(N)sc1SCc1ccsc1C(=O)NN. The molecule has 2 rings (SSSR count). The van der Waals surface area contributed by atoms with Crippen molar-refractivity contribution in [2.75, 3.05) is 5.73 Å². The Morgan fingerprint density at radius 3 is 3.00 bits per heavy atom. The third-order valence-corrected chi connectivity index (χ3v) is 5.57. The predicted octanol–water partition coefficient (Wildman–Crippen LogP) is 1.99. The van der Waals surface area contributed by atoms with Gasteiger partial charge in [-0.15, -0.1) is 23.1 Å². The molecule has 0 saturated carbocycles. The fourth-order valence-corrected chi connectivity index (χ4v) is 4.33. The quantitative estimate of drug-likeness (QED) is 0.347. The molecule has 0 bridgehead atoms. The highest BCUT2D eigenvalue weighted by molar-refractivity contribution is 8.00. The summed E-state index contributed by atoms with van der Waals surface area (Å²) in [6.45, 7) is 1.93. The summed E-state index contributed by atoms with van der Waals surface area (Å²) in [5.41, 5.74) is 9.70. The summed E-state index contributed by atoms with van der Waals surface area (Å²) >= 11 is 4.48. The number of aromatic nitrogens is 1. The van der Waals surface area contributed by atoms with E-state index in [1.165, 1.54) is 22.7 Å². The molecule has 2 aromatic heterocycles. The zero-order valence-electron chi connectivity index (χ0n) is 9.60. The lowest BCUT2D eigenvalue weighted by Gasteiger charge is -2.01. The monoisotopic (exact) mass is 300 g/mol. The smallest absolute Gasteiger partial charge is 0.275 e. The van der Waals surface area contributed by atoms with Crippen molar-refractivity contribution in [3.05, 3.63) is 27.6 Å². The number of carbonyl (C=O) groups excluding carboxylic acids is 1. The van der Waals surface area contributed by atoms with Gasteiger partial charge in [-0.2, -0.15) is 0 Å². The molecule has 5 N–H and O–H groups in total. The van der Waals surface area contributed by atoms with Crippen LogP contribution in [0.1, 0.15) is 20.9 Å². The average molecular weight is 300 g/mol. The first-order valence-corrected chi connectivity index (χ1v) is 7.73. The Hall–Kier alpha value is -1.09. The second-order valence-electron chi connectivity index (χ2n) is 3.46. The molecule has 96 valence electrons. The Morgan fingerprint density at radius 2 is 2.39 bits per heavy atom. The molecular weight excluding hydrogens is 288 g/mol. The molecule has 8 heteroatoms. The van der Waals surface area contributed by atoms with Crippen LogP contribution in [0.15, 0.2) is 15.7 Å². The van der Waals surface area contributed by atoms with Crippen LogP contribution in [0.25, 0.3) is 0 Å². The molecular formula is C10H12N4OS3. The van der Waals surface area contributed by atoms with Gasteiger partial charge in [-0.1, -0.05) is 11.3 Å². The van der Waals surface area contributed by atoms with Gasteiger partial charge in [0.05, 0.1) is 14.8 Å². The maximum atomic E-state index is 11.5. The van der Waals surface area contributed by atoms with Crippen molar-refractivity contribution in [1.29, 1.82) is 0 Å². The minimum Gasteiger partial charge on any atom is -0.375 e. The molecule has 18 heavy (non-hydrogen) atoms. The van der Waals surface area contributed by atoms with Crippen LogP contribution in [0, 0.1) is 6.92 Å². The normalized spacial score (nSPS) is 10.6. The Kier molecular flexibility index (Phi) is 4.23. The molecule has 2 heterocycles. The van der Waals surface area contributed by atoms with Crippen molar-refractivity contribution in [2.45, 2.75) is 16.9 Å². The molecule has 0 unspecified atom stereocenters. The van der Waals surface area contributed by atoms with E-state index in [2.05, 4.69) is 10.4 Å². The highest BCUT2D eigenvalue weighted by Gasteiger charge is 2.13. The zero-order valence-corrected chi connectivity index (χ0v) is 12.0. The Morgan fingerprint density at radius 1 is 1.61 bits per heavy atom. The Bertz CT molecular complexity index is 563. The first kappa shape index (κ1) is 13.3. The van der Waals surface area contributed by atoms with Gasteiger partial charge in [0.25, 0.3) is 5.91 Å². The van der Waals surface area contributed by atoms with Crippen LogP contribution in [-0.4, -0.2) is 10.9 Å². The van der Waals surface area contributed by atoms with E-state index < -0.39 is 0 Å². The molecule has 2 aromatic rings. The number of rotatable bonds is 4. The van der Waals surface area contributed by atoms with E-state index in [1.807, 2.05) is 18.4 Å². The van der Waals surface area contributed by atoms with Crippen molar-refractivity contribution < 1.29 is 4.79 Å². The topological polar surface area (TPSA) is 94.0 Å². The van der Waals surface area contributed by atoms with Crippen LogP contribution >= 0.6 is 34.4 Å².